The molecule has 0 unspecified atom stereocenters. The fourth-order valence-corrected chi connectivity index (χ4v) is 2.24. The lowest BCUT2D eigenvalue weighted by molar-refractivity contribution is 0.115. The first-order valence-electron chi connectivity index (χ1n) is 6.24. The first-order chi connectivity index (χ1) is 9.09. The van der Waals surface area contributed by atoms with E-state index in [1.165, 1.54) is 0 Å². The highest BCUT2D eigenvalue weighted by molar-refractivity contribution is 5.31. The Balaban J connectivity index is 2.37. The number of aliphatic hydroxyl groups is 2. The zero-order valence-electron chi connectivity index (χ0n) is 11.2. The molecule has 1 heterocycles. The Hall–Kier alpha value is -1.72. The third-order valence-electron chi connectivity index (χ3n) is 3.41. The van der Waals surface area contributed by atoms with Crippen LogP contribution >= 0.6 is 0 Å². The second kappa shape index (κ2) is 5.50. The van der Waals surface area contributed by atoms with Gasteiger partial charge in [-0.3, -0.25) is 4.68 Å². The van der Waals surface area contributed by atoms with Crippen LogP contribution in [0.5, 0.6) is 0 Å². The van der Waals surface area contributed by atoms with Crippen LogP contribution < -0.4 is 0 Å². The van der Waals surface area contributed by atoms with Crippen molar-refractivity contribution in [1.82, 2.24) is 15.0 Å². The molecule has 102 valence electrons. The van der Waals surface area contributed by atoms with Crippen LogP contribution in [0.3, 0.4) is 0 Å². The molecule has 0 spiro atoms. The predicted octanol–water partition coefficient (Wildman–Crippen LogP) is 0.589. The van der Waals surface area contributed by atoms with Crippen LogP contribution in [-0.4, -0.2) is 38.4 Å². The Morgan fingerprint density at radius 2 is 2.00 bits per heavy atom. The molecule has 5 nitrogen and oxygen atoms in total. The molecule has 0 atom stereocenters. The molecule has 0 fully saturated rings. The molecule has 2 N–H and O–H groups in total. The molecular weight excluding hydrogens is 242 g/mol. The van der Waals surface area contributed by atoms with Crippen molar-refractivity contribution in [2.45, 2.75) is 18.8 Å². The lowest BCUT2D eigenvalue weighted by Crippen LogP contribution is -2.37. The van der Waals surface area contributed by atoms with E-state index in [1.54, 1.807) is 17.9 Å². The smallest absolute Gasteiger partial charge is 0.0837 e. The molecule has 2 aromatic rings. The number of aliphatic hydroxyl groups excluding tert-OH is 2. The number of hydrogen-bond donors (Lipinski definition) is 2. The van der Waals surface area contributed by atoms with Crippen molar-refractivity contribution in [2.75, 3.05) is 13.2 Å². The highest BCUT2D eigenvalue weighted by Crippen LogP contribution is 2.28. The molecule has 2 rings (SSSR count). The second-order valence-electron chi connectivity index (χ2n) is 5.03. The van der Waals surface area contributed by atoms with Crippen LogP contribution in [0, 0.1) is 6.92 Å². The van der Waals surface area contributed by atoms with E-state index in [1.807, 2.05) is 31.2 Å². The summed E-state index contributed by atoms with van der Waals surface area (Å²) in [7, 11) is 1.79. The Morgan fingerprint density at radius 3 is 2.53 bits per heavy atom. The third kappa shape index (κ3) is 2.83. The zero-order valence-corrected chi connectivity index (χ0v) is 11.2. The van der Waals surface area contributed by atoms with Crippen molar-refractivity contribution >= 4 is 0 Å². The van der Waals surface area contributed by atoms with E-state index in [0.29, 0.717) is 6.42 Å². The fraction of sp³-hybridized carbons (Fsp3) is 0.429. The van der Waals surface area contributed by atoms with E-state index >= 15 is 0 Å². The first-order valence-corrected chi connectivity index (χ1v) is 6.24. The van der Waals surface area contributed by atoms with Gasteiger partial charge in [-0.2, -0.15) is 0 Å². The maximum absolute atomic E-state index is 9.77. The van der Waals surface area contributed by atoms with Gasteiger partial charge in [0.05, 0.1) is 18.9 Å². The van der Waals surface area contributed by atoms with Crippen molar-refractivity contribution in [3.05, 3.63) is 47.3 Å². The van der Waals surface area contributed by atoms with E-state index in [9.17, 15) is 10.2 Å². The molecule has 0 saturated carbocycles. The van der Waals surface area contributed by atoms with Gasteiger partial charge in [0.25, 0.3) is 0 Å². The van der Waals surface area contributed by atoms with Crippen molar-refractivity contribution in [3.63, 3.8) is 0 Å². The van der Waals surface area contributed by atoms with Crippen LogP contribution in [0.4, 0.5) is 0 Å². The van der Waals surface area contributed by atoms with Crippen LogP contribution in [0.1, 0.15) is 16.8 Å². The van der Waals surface area contributed by atoms with Crippen molar-refractivity contribution in [2.24, 2.45) is 7.05 Å². The van der Waals surface area contributed by atoms with Gasteiger partial charge in [0.2, 0.25) is 0 Å². The van der Waals surface area contributed by atoms with Gasteiger partial charge in [0.15, 0.2) is 0 Å². The van der Waals surface area contributed by atoms with Gasteiger partial charge in [-0.1, -0.05) is 35.0 Å². The predicted molar refractivity (Wildman–Crippen MR) is 71.7 cm³/mol. The average molecular weight is 261 g/mol. The highest BCUT2D eigenvalue weighted by Gasteiger charge is 2.32. The molecule has 0 aliphatic carbocycles. The van der Waals surface area contributed by atoms with Gasteiger partial charge in [0.1, 0.15) is 0 Å². The summed E-state index contributed by atoms with van der Waals surface area (Å²) in [4.78, 5) is 0. The number of nitrogens with zero attached hydrogens (tertiary/aromatic N) is 3. The second-order valence-corrected chi connectivity index (χ2v) is 5.03. The standard InChI is InChI=1S/C14H19N3O2/c1-11-4-3-5-12(6-11)14(9-18,10-19)7-13-8-17(2)16-15-13/h3-6,8,18-19H,7,9-10H2,1-2H3. The summed E-state index contributed by atoms with van der Waals surface area (Å²) in [6.45, 7) is 1.72. The Morgan fingerprint density at radius 1 is 1.26 bits per heavy atom. The summed E-state index contributed by atoms with van der Waals surface area (Å²) in [6, 6.07) is 7.84. The summed E-state index contributed by atoms with van der Waals surface area (Å²) in [5.41, 5.74) is 2.06. The molecule has 0 amide bonds. The van der Waals surface area contributed by atoms with Crippen molar-refractivity contribution in [3.8, 4) is 0 Å². The average Bonchev–Trinajstić information content (AvgIpc) is 2.81. The minimum Gasteiger partial charge on any atom is -0.395 e. The fourth-order valence-electron chi connectivity index (χ4n) is 2.24. The summed E-state index contributed by atoms with van der Waals surface area (Å²) >= 11 is 0. The van der Waals surface area contributed by atoms with Crippen molar-refractivity contribution in [1.29, 1.82) is 0 Å². The summed E-state index contributed by atoms with van der Waals surface area (Å²) in [6.07, 6.45) is 2.26. The van der Waals surface area contributed by atoms with Gasteiger partial charge >= 0.3 is 0 Å². The van der Waals surface area contributed by atoms with E-state index < -0.39 is 5.41 Å². The number of aromatic nitrogens is 3. The van der Waals surface area contributed by atoms with Gasteiger partial charge in [0, 0.05) is 25.1 Å². The molecule has 5 heteroatoms. The normalized spacial score (nSPS) is 11.8. The maximum atomic E-state index is 9.77. The summed E-state index contributed by atoms with van der Waals surface area (Å²) in [5, 5.41) is 27.5. The Kier molecular flexibility index (Phi) is 3.97. The SMILES string of the molecule is Cc1cccc(C(CO)(CO)Cc2cn(C)nn2)c1. The molecule has 19 heavy (non-hydrogen) atoms. The first kappa shape index (κ1) is 13.7. The number of rotatable bonds is 5. The molecule has 1 aromatic heterocycles. The van der Waals surface area contributed by atoms with E-state index in [4.69, 9.17) is 0 Å². The van der Waals surface area contributed by atoms with Gasteiger partial charge in [-0.15, -0.1) is 5.10 Å². The number of hydrogen-bond acceptors (Lipinski definition) is 4. The Bertz CT molecular complexity index is 547. The van der Waals surface area contributed by atoms with E-state index in [-0.39, 0.29) is 13.2 Å². The van der Waals surface area contributed by atoms with E-state index in [0.717, 1.165) is 16.8 Å². The largest absolute Gasteiger partial charge is 0.395 e. The molecule has 0 bridgehead atoms. The van der Waals surface area contributed by atoms with Crippen LogP contribution in [0.2, 0.25) is 0 Å². The molecule has 1 aromatic carbocycles. The van der Waals surface area contributed by atoms with Gasteiger partial charge in [-0.25, -0.2) is 0 Å². The van der Waals surface area contributed by atoms with E-state index in [2.05, 4.69) is 10.3 Å². The minimum atomic E-state index is -0.720. The topological polar surface area (TPSA) is 71.2 Å². The lowest BCUT2D eigenvalue weighted by atomic mass is 9.77. The summed E-state index contributed by atoms with van der Waals surface area (Å²) < 4.78 is 1.62. The quantitative estimate of drug-likeness (QED) is 0.826. The van der Waals surface area contributed by atoms with Crippen LogP contribution in [-0.2, 0) is 18.9 Å². The van der Waals surface area contributed by atoms with Gasteiger partial charge in [-0.05, 0) is 12.5 Å². The lowest BCUT2D eigenvalue weighted by Gasteiger charge is -2.29. The number of aryl methyl sites for hydroxylation is 2. The summed E-state index contributed by atoms with van der Waals surface area (Å²) in [5.74, 6) is 0. The molecule has 0 aliphatic rings. The molecule has 0 aliphatic heterocycles. The van der Waals surface area contributed by atoms with Crippen molar-refractivity contribution < 1.29 is 10.2 Å². The zero-order chi connectivity index (χ0) is 13.9. The number of benzene rings is 1. The highest BCUT2D eigenvalue weighted by atomic mass is 16.3. The molecule has 0 radical (unpaired) electrons. The monoisotopic (exact) mass is 261 g/mol. The Labute approximate surface area is 112 Å². The third-order valence-corrected chi connectivity index (χ3v) is 3.41. The molecular formula is C14H19N3O2. The van der Waals surface area contributed by atoms with Crippen LogP contribution in [0.15, 0.2) is 30.5 Å². The minimum absolute atomic E-state index is 0.135. The molecule has 0 saturated heterocycles. The van der Waals surface area contributed by atoms with Crippen LogP contribution in [0.25, 0.3) is 0 Å². The van der Waals surface area contributed by atoms with Gasteiger partial charge < -0.3 is 10.2 Å². The maximum Gasteiger partial charge on any atom is 0.0837 e.